The Balaban J connectivity index is 1.41. The van der Waals surface area contributed by atoms with Crippen molar-refractivity contribution >= 4 is 5.91 Å². The summed E-state index contributed by atoms with van der Waals surface area (Å²) in [6, 6.07) is 0.135. The first kappa shape index (κ1) is 16.8. The molecule has 136 valence electrons. The van der Waals surface area contributed by atoms with E-state index in [9.17, 15) is 9.90 Å². The van der Waals surface area contributed by atoms with Crippen molar-refractivity contribution in [3.63, 3.8) is 0 Å². The minimum Gasteiger partial charge on any atom is -0.476 e. The van der Waals surface area contributed by atoms with Gasteiger partial charge < -0.3 is 14.7 Å². The van der Waals surface area contributed by atoms with Crippen LogP contribution in [0, 0.1) is 11.8 Å². The SMILES string of the molecule is O=C(c1cnc(OCC2CC2)cn1)N1CCCC1C1CCCCC1O. The Kier molecular flexibility index (Phi) is 4.88. The second-order valence-corrected chi connectivity index (χ2v) is 7.72. The molecular formula is C19H27N3O3. The second kappa shape index (κ2) is 7.28. The molecule has 1 saturated heterocycles. The highest BCUT2D eigenvalue weighted by molar-refractivity contribution is 5.92. The first-order chi connectivity index (χ1) is 12.2. The molecular weight excluding hydrogens is 318 g/mol. The van der Waals surface area contributed by atoms with Gasteiger partial charge in [0.2, 0.25) is 5.88 Å². The lowest BCUT2D eigenvalue weighted by Gasteiger charge is -2.37. The van der Waals surface area contributed by atoms with Crippen LogP contribution in [0.3, 0.4) is 0 Å². The first-order valence-electron chi connectivity index (χ1n) is 9.66. The van der Waals surface area contributed by atoms with E-state index in [1.807, 2.05) is 4.90 Å². The molecule has 1 N–H and O–H groups in total. The molecule has 1 aromatic rings. The predicted molar refractivity (Wildman–Crippen MR) is 92.3 cm³/mol. The number of hydrogen-bond acceptors (Lipinski definition) is 5. The summed E-state index contributed by atoms with van der Waals surface area (Å²) in [6.45, 7) is 1.43. The number of likely N-dealkylation sites (tertiary alicyclic amines) is 1. The lowest BCUT2D eigenvalue weighted by Crippen LogP contribution is -2.45. The number of nitrogens with zero attached hydrogens (tertiary/aromatic N) is 3. The zero-order chi connectivity index (χ0) is 17.2. The molecule has 1 aromatic heterocycles. The van der Waals surface area contributed by atoms with E-state index in [4.69, 9.17) is 4.74 Å². The molecule has 0 spiro atoms. The van der Waals surface area contributed by atoms with Gasteiger partial charge in [-0.05, 0) is 44.4 Å². The van der Waals surface area contributed by atoms with Crippen LogP contribution in [-0.4, -0.2) is 51.2 Å². The average Bonchev–Trinajstić information content (AvgIpc) is 3.35. The largest absolute Gasteiger partial charge is 0.476 e. The van der Waals surface area contributed by atoms with Crippen molar-refractivity contribution in [2.75, 3.05) is 13.2 Å². The quantitative estimate of drug-likeness (QED) is 0.887. The van der Waals surface area contributed by atoms with E-state index in [0.717, 1.165) is 45.1 Å². The highest BCUT2D eigenvalue weighted by Crippen LogP contribution is 2.35. The van der Waals surface area contributed by atoms with Crippen molar-refractivity contribution in [3.8, 4) is 5.88 Å². The molecule has 3 unspecified atom stereocenters. The summed E-state index contributed by atoms with van der Waals surface area (Å²) >= 11 is 0. The molecule has 2 saturated carbocycles. The fourth-order valence-electron chi connectivity index (χ4n) is 4.21. The Labute approximate surface area is 148 Å². The van der Waals surface area contributed by atoms with E-state index in [1.54, 1.807) is 6.20 Å². The second-order valence-electron chi connectivity index (χ2n) is 7.72. The van der Waals surface area contributed by atoms with Gasteiger partial charge in [-0.1, -0.05) is 12.8 Å². The summed E-state index contributed by atoms with van der Waals surface area (Å²) in [5, 5.41) is 10.4. The molecule has 25 heavy (non-hydrogen) atoms. The zero-order valence-electron chi connectivity index (χ0n) is 14.6. The van der Waals surface area contributed by atoms with Crippen LogP contribution in [0.1, 0.15) is 61.9 Å². The normalized spacial score (nSPS) is 29.6. The van der Waals surface area contributed by atoms with Crippen molar-refractivity contribution in [2.45, 2.75) is 63.5 Å². The average molecular weight is 345 g/mol. The number of aliphatic hydroxyl groups excluding tert-OH is 1. The number of carbonyl (C=O) groups is 1. The van der Waals surface area contributed by atoms with E-state index in [-0.39, 0.29) is 24.0 Å². The highest BCUT2D eigenvalue weighted by atomic mass is 16.5. The summed E-state index contributed by atoms with van der Waals surface area (Å²) in [7, 11) is 0. The van der Waals surface area contributed by atoms with Crippen LogP contribution < -0.4 is 4.74 Å². The van der Waals surface area contributed by atoms with Crippen LogP contribution in [-0.2, 0) is 0 Å². The number of ether oxygens (including phenoxy) is 1. The van der Waals surface area contributed by atoms with E-state index in [1.165, 1.54) is 19.0 Å². The Morgan fingerprint density at radius 3 is 2.68 bits per heavy atom. The van der Waals surface area contributed by atoms with E-state index < -0.39 is 0 Å². The molecule has 6 nitrogen and oxygen atoms in total. The number of aliphatic hydroxyl groups is 1. The molecule has 4 rings (SSSR count). The topological polar surface area (TPSA) is 75.5 Å². The molecule has 6 heteroatoms. The van der Waals surface area contributed by atoms with Crippen molar-refractivity contribution in [3.05, 3.63) is 18.1 Å². The third-order valence-electron chi connectivity index (χ3n) is 5.85. The van der Waals surface area contributed by atoms with Crippen LogP contribution in [0.15, 0.2) is 12.4 Å². The van der Waals surface area contributed by atoms with Crippen molar-refractivity contribution in [2.24, 2.45) is 11.8 Å². The molecule has 3 atom stereocenters. The zero-order valence-corrected chi connectivity index (χ0v) is 14.6. The van der Waals surface area contributed by atoms with Gasteiger partial charge in [-0.2, -0.15) is 0 Å². The lowest BCUT2D eigenvalue weighted by atomic mass is 9.80. The van der Waals surface area contributed by atoms with E-state index in [2.05, 4.69) is 9.97 Å². The minimum absolute atomic E-state index is 0.0680. The number of amides is 1. The number of carbonyl (C=O) groups excluding carboxylic acids is 1. The van der Waals surface area contributed by atoms with Gasteiger partial charge in [0, 0.05) is 18.5 Å². The van der Waals surface area contributed by atoms with Crippen LogP contribution in [0.5, 0.6) is 5.88 Å². The third kappa shape index (κ3) is 3.78. The first-order valence-corrected chi connectivity index (χ1v) is 9.66. The molecule has 0 radical (unpaired) electrons. The Bertz CT molecular complexity index is 602. The van der Waals surface area contributed by atoms with Gasteiger partial charge in [0.1, 0.15) is 5.69 Å². The Morgan fingerprint density at radius 1 is 1.12 bits per heavy atom. The maximum atomic E-state index is 12.9. The van der Waals surface area contributed by atoms with Crippen molar-refractivity contribution in [1.29, 1.82) is 0 Å². The van der Waals surface area contributed by atoms with Gasteiger partial charge in [-0.15, -0.1) is 0 Å². The number of rotatable bonds is 5. The fourth-order valence-corrected chi connectivity index (χ4v) is 4.21. The molecule has 1 amide bonds. The van der Waals surface area contributed by atoms with Gasteiger partial charge in [0.15, 0.2) is 0 Å². The van der Waals surface area contributed by atoms with Crippen LogP contribution in [0.2, 0.25) is 0 Å². The van der Waals surface area contributed by atoms with Crippen molar-refractivity contribution < 1.29 is 14.6 Å². The van der Waals surface area contributed by atoms with Gasteiger partial charge in [0.25, 0.3) is 5.91 Å². The predicted octanol–water partition coefficient (Wildman–Crippen LogP) is 2.42. The van der Waals surface area contributed by atoms with Gasteiger partial charge in [-0.25, -0.2) is 9.97 Å². The molecule has 3 aliphatic rings. The standard InChI is InChI=1S/C19H27N3O3/c23-17-6-2-1-4-14(17)16-5-3-9-22(16)19(24)15-10-21-18(11-20-15)25-12-13-7-8-13/h10-11,13-14,16-17,23H,1-9,12H2. The van der Waals surface area contributed by atoms with Crippen LogP contribution >= 0.6 is 0 Å². The molecule has 3 fully saturated rings. The molecule has 0 aromatic carbocycles. The summed E-state index contributed by atoms with van der Waals surface area (Å²) in [5.41, 5.74) is 0.371. The minimum atomic E-state index is -0.281. The molecule has 2 heterocycles. The summed E-state index contributed by atoms with van der Waals surface area (Å²) < 4.78 is 5.59. The van der Waals surface area contributed by atoms with Crippen LogP contribution in [0.25, 0.3) is 0 Å². The van der Waals surface area contributed by atoms with Gasteiger partial charge in [0.05, 0.1) is 25.1 Å². The summed E-state index contributed by atoms with van der Waals surface area (Å²) in [6.07, 6.45) is 11.3. The van der Waals surface area contributed by atoms with E-state index in [0.29, 0.717) is 24.1 Å². The Morgan fingerprint density at radius 2 is 1.96 bits per heavy atom. The molecule has 2 aliphatic carbocycles. The fraction of sp³-hybridized carbons (Fsp3) is 0.737. The smallest absolute Gasteiger partial charge is 0.274 e. The number of aromatic nitrogens is 2. The summed E-state index contributed by atoms with van der Waals surface area (Å²) in [4.78, 5) is 23.3. The molecule has 1 aliphatic heterocycles. The number of hydrogen-bond donors (Lipinski definition) is 1. The van der Waals surface area contributed by atoms with Gasteiger partial charge >= 0.3 is 0 Å². The third-order valence-corrected chi connectivity index (χ3v) is 5.85. The maximum absolute atomic E-state index is 12.9. The lowest BCUT2D eigenvalue weighted by molar-refractivity contribution is 0.0209. The molecule has 0 bridgehead atoms. The van der Waals surface area contributed by atoms with E-state index >= 15 is 0 Å². The maximum Gasteiger partial charge on any atom is 0.274 e. The summed E-state index contributed by atoms with van der Waals surface area (Å²) in [5.74, 6) is 1.29. The monoisotopic (exact) mass is 345 g/mol. The van der Waals surface area contributed by atoms with Gasteiger partial charge in [-0.3, -0.25) is 4.79 Å². The van der Waals surface area contributed by atoms with Crippen LogP contribution in [0.4, 0.5) is 0 Å². The van der Waals surface area contributed by atoms with Crippen molar-refractivity contribution in [1.82, 2.24) is 14.9 Å². The highest BCUT2D eigenvalue weighted by Gasteiger charge is 2.39. The Hall–Kier alpha value is -1.69.